The van der Waals surface area contributed by atoms with E-state index in [0.717, 1.165) is 29.4 Å². The van der Waals surface area contributed by atoms with Gasteiger partial charge >= 0.3 is 5.97 Å². The van der Waals surface area contributed by atoms with Crippen molar-refractivity contribution in [1.82, 2.24) is 26.3 Å². The Morgan fingerprint density at radius 1 is 1.11 bits per heavy atom. The van der Waals surface area contributed by atoms with Crippen LogP contribution in [0.4, 0.5) is 0 Å². The minimum Gasteiger partial charge on any atom is -0.480 e. The number of hydrogen-bond donors (Lipinski definition) is 6. The first-order chi connectivity index (χ1) is 18.2. The summed E-state index contributed by atoms with van der Waals surface area (Å²) in [4.78, 5) is 54.7. The fraction of sp³-hybridized carbons (Fsp3) is 0.556. The maximum atomic E-state index is 13.6. The number of aliphatic carboxylic acids is 1. The predicted molar refractivity (Wildman–Crippen MR) is 149 cm³/mol. The summed E-state index contributed by atoms with van der Waals surface area (Å²) < 4.78 is 0. The summed E-state index contributed by atoms with van der Waals surface area (Å²) in [5.74, 6) is -2.09. The number of fused-ring (bicyclic) bond motifs is 1. The van der Waals surface area contributed by atoms with Gasteiger partial charge in [-0.1, -0.05) is 38.5 Å². The molecule has 1 fully saturated rings. The summed E-state index contributed by atoms with van der Waals surface area (Å²) in [6.45, 7) is 4.37. The zero-order valence-corrected chi connectivity index (χ0v) is 23.0. The van der Waals surface area contributed by atoms with Gasteiger partial charge in [0.2, 0.25) is 17.7 Å². The molecule has 2 heterocycles. The van der Waals surface area contributed by atoms with Crippen molar-refractivity contribution in [2.24, 2.45) is 5.92 Å². The van der Waals surface area contributed by atoms with E-state index in [1.54, 1.807) is 6.92 Å². The van der Waals surface area contributed by atoms with Crippen LogP contribution in [0.2, 0.25) is 0 Å². The molecule has 2 aromatic rings. The summed E-state index contributed by atoms with van der Waals surface area (Å²) >= 11 is 1.52. The lowest BCUT2D eigenvalue weighted by molar-refractivity contribution is -0.143. The van der Waals surface area contributed by atoms with Crippen molar-refractivity contribution in [3.05, 3.63) is 36.0 Å². The number of nitrogens with one attached hydrogen (secondary N) is 5. The number of amides is 3. The molecule has 1 aliphatic heterocycles. The van der Waals surface area contributed by atoms with Crippen molar-refractivity contribution in [3.63, 3.8) is 0 Å². The molecule has 1 aliphatic rings. The third-order valence-corrected chi connectivity index (χ3v) is 7.77. The molecule has 6 N–H and O–H groups in total. The van der Waals surface area contributed by atoms with Crippen LogP contribution in [0.5, 0.6) is 0 Å². The Balaban J connectivity index is 1.80. The van der Waals surface area contributed by atoms with E-state index in [4.69, 9.17) is 0 Å². The summed E-state index contributed by atoms with van der Waals surface area (Å²) in [6.07, 6.45) is 6.43. The number of rotatable bonds is 14. The molecule has 0 aliphatic carbocycles. The van der Waals surface area contributed by atoms with E-state index in [1.807, 2.05) is 43.6 Å². The van der Waals surface area contributed by atoms with E-state index in [9.17, 15) is 24.3 Å². The molecular formula is C27H39N5O5S. The van der Waals surface area contributed by atoms with Crippen LogP contribution in [-0.4, -0.2) is 76.5 Å². The molecule has 5 atom stereocenters. The summed E-state index contributed by atoms with van der Waals surface area (Å²) in [6, 6.07) is 4.44. The van der Waals surface area contributed by atoms with Crippen molar-refractivity contribution in [1.29, 1.82) is 0 Å². The molecule has 10 nitrogen and oxygen atoms in total. The summed E-state index contributed by atoms with van der Waals surface area (Å²) in [5.41, 5.74) is 1.79. The molecule has 1 aromatic carbocycles. The minimum absolute atomic E-state index is 0.232. The average Bonchev–Trinajstić information content (AvgIpc) is 3.59. The van der Waals surface area contributed by atoms with Gasteiger partial charge in [0.05, 0.1) is 6.04 Å². The van der Waals surface area contributed by atoms with Gasteiger partial charge in [0, 0.05) is 23.5 Å². The van der Waals surface area contributed by atoms with E-state index < -0.39 is 35.9 Å². The molecular weight excluding hydrogens is 506 g/mol. The number of benzene rings is 1. The molecule has 0 radical (unpaired) electrons. The number of carboxylic acid groups (broad SMARTS) is 1. The van der Waals surface area contributed by atoms with E-state index in [-0.39, 0.29) is 24.3 Å². The van der Waals surface area contributed by atoms with Gasteiger partial charge in [-0.2, -0.15) is 11.8 Å². The molecule has 3 rings (SSSR count). The monoisotopic (exact) mass is 545 g/mol. The molecule has 0 spiro atoms. The number of para-hydroxylation sites is 1. The second-order valence-electron chi connectivity index (χ2n) is 9.83. The number of thioether (sulfide) groups is 1. The first kappa shape index (κ1) is 29.5. The van der Waals surface area contributed by atoms with Gasteiger partial charge in [0.25, 0.3) is 0 Å². The highest BCUT2D eigenvalue weighted by molar-refractivity contribution is 7.98. The quantitative estimate of drug-likeness (QED) is 0.212. The van der Waals surface area contributed by atoms with E-state index >= 15 is 0 Å². The Hall–Kier alpha value is -3.05. The Kier molecular flexibility index (Phi) is 11.0. The summed E-state index contributed by atoms with van der Waals surface area (Å²) in [5, 5.41) is 22.0. The molecule has 5 unspecified atom stereocenters. The fourth-order valence-electron chi connectivity index (χ4n) is 4.62. The third-order valence-electron chi connectivity index (χ3n) is 7.13. The Bertz CT molecular complexity index is 1120. The molecule has 208 valence electrons. The van der Waals surface area contributed by atoms with Crippen molar-refractivity contribution in [2.75, 3.05) is 18.6 Å². The van der Waals surface area contributed by atoms with Crippen LogP contribution in [0, 0.1) is 5.92 Å². The lowest BCUT2D eigenvalue weighted by atomic mass is 9.98. The van der Waals surface area contributed by atoms with Crippen LogP contribution < -0.4 is 21.3 Å². The molecule has 1 saturated heterocycles. The largest absolute Gasteiger partial charge is 0.480 e. The number of hydrogen-bond acceptors (Lipinski definition) is 6. The lowest BCUT2D eigenvalue weighted by Gasteiger charge is -2.26. The molecule has 3 amide bonds. The van der Waals surface area contributed by atoms with Crippen molar-refractivity contribution in [2.45, 2.75) is 70.1 Å². The smallest absolute Gasteiger partial charge is 0.326 e. The molecule has 0 bridgehead atoms. The highest BCUT2D eigenvalue weighted by Crippen LogP contribution is 2.20. The molecule has 0 saturated carbocycles. The van der Waals surface area contributed by atoms with Crippen LogP contribution in [0.15, 0.2) is 30.5 Å². The van der Waals surface area contributed by atoms with E-state index in [2.05, 4.69) is 26.3 Å². The van der Waals surface area contributed by atoms with Crippen molar-refractivity contribution < 1.29 is 24.3 Å². The highest BCUT2D eigenvalue weighted by Gasteiger charge is 2.33. The van der Waals surface area contributed by atoms with Gasteiger partial charge in [-0.15, -0.1) is 0 Å². The second-order valence-corrected chi connectivity index (χ2v) is 10.8. The third kappa shape index (κ3) is 7.73. The van der Waals surface area contributed by atoms with E-state index in [0.29, 0.717) is 25.0 Å². The number of carbonyl (C=O) groups excluding carboxylic acids is 3. The molecule has 38 heavy (non-hydrogen) atoms. The fourth-order valence-corrected chi connectivity index (χ4v) is 5.10. The highest BCUT2D eigenvalue weighted by atomic mass is 32.2. The van der Waals surface area contributed by atoms with Crippen molar-refractivity contribution >= 4 is 46.4 Å². The Labute approximate surface area is 227 Å². The predicted octanol–water partition coefficient (Wildman–Crippen LogP) is 1.80. The number of H-pyrrole nitrogens is 1. The SMILES string of the molecule is CCC(C)C(NC(=O)C(CCSC)NC(=O)C(Cc1c[nH]c2ccccc12)NC(=O)C1CCCN1)C(=O)O. The zero-order valence-electron chi connectivity index (χ0n) is 22.2. The number of aromatic nitrogens is 1. The number of carbonyl (C=O) groups is 4. The number of carboxylic acids is 1. The maximum Gasteiger partial charge on any atom is 0.326 e. The van der Waals surface area contributed by atoms with Gasteiger partial charge in [0.1, 0.15) is 18.1 Å². The van der Waals surface area contributed by atoms with Gasteiger partial charge < -0.3 is 31.4 Å². The normalized spacial score (nSPS) is 18.3. The maximum absolute atomic E-state index is 13.6. The van der Waals surface area contributed by atoms with Gasteiger partial charge in [-0.25, -0.2) is 4.79 Å². The topological polar surface area (TPSA) is 152 Å². The summed E-state index contributed by atoms with van der Waals surface area (Å²) in [7, 11) is 0. The van der Waals surface area contributed by atoms with Gasteiger partial charge in [-0.3, -0.25) is 14.4 Å². The number of aromatic amines is 1. The van der Waals surface area contributed by atoms with Crippen LogP contribution in [0.3, 0.4) is 0 Å². The first-order valence-corrected chi connectivity index (χ1v) is 14.6. The van der Waals surface area contributed by atoms with Gasteiger partial charge in [-0.05, 0) is 55.4 Å². The first-order valence-electron chi connectivity index (χ1n) is 13.2. The molecule has 1 aromatic heterocycles. The lowest BCUT2D eigenvalue weighted by Crippen LogP contribution is -2.58. The standard InChI is InChI=1S/C27H39N5O5S/c1-4-16(2)23(27(36)37)32-25(34)21(11-13-38-3)30-26(35)22(31-24(33)20-10-7-12-28-20)14-17-15-29-19-9-6-5-8-18(17)19/h5-6,8-9,15-16,20-23,28-29H,4,7,10-14H2,1-3H3,(H,30,35)(H,31,33)(H,32,34)(H,36,37). The van der Waals surface area contributed by atoms with Crippen LogP contribution in [-0.2, 0) is 25.6 Å². The Morgan fingerprint density at radius 3 is 2.50 bits per heavy atom. The minimum atomic E-state index is -1.11. The van der Waals surface area contributed by atoms with E-state index in [1.165, 1.54) is 11.8 Å². The molecule has 11 heteroatoms. The Morgan fingerprint density at radius 2 is 1.84 bits per heavy atom. The van der Waals surface area contributed by atoms with Crippen LogP contribution >= 0.6 is 11.8 Å². The average molecular weight is 546 g/mol. The van der Waals surface area contributed by atoms with Crippen LogP contribution in [0.25, 0.3) is 10.9 Å². The van der Waals surface area contributed by atoms with Crippen LogP contribution in [0.1, 0.15) is 45.1 Å². The van der Waals surface area contributed by atoms with Crippen molar-refractivity contribution in [3.8, 4) is 0 Å². The van der Waals surface area contributed by atoms with Gasteiger partial charge in [0.15, 0.2) is 0 Å². The second kappa shape index (κ2) is 14.2. The zero-order chi connectivity index (χ0) is 27.7.